The van der Waals surface area contributed by atoms with Crippen molar-refractivity contribution in [2.45, 2.75) is 19.0 Å². The quantitative estimate of drug-likeness (QED) is 0.784. The summed E-state index contributed by atoms with van der Waals surface area (Å²) in [4.78, 5) is 13.2. The maximum atomic E-state index is 12.9. The lowest BCUT2D eigenvalue weighted by Gasteiger charge is -2.15. The third-order valence-electron chi connectivity index (χ3n) is 2.60. The van der Waals surface area contributed by atoms with Crippen LogP contribution in [0.1, 0.15) is 12.0 Å². The number of amides is 1. The Bertz CT molecular complexity index is 381. The smallest absolute Gasteiger partial charge is 0.239 e. The van der Waals surface area contributed by atoms with Crippen LogP contribution in [0.25, 0.3) is 0 Å². The van der Waals surface area contributed by atoms with Crippen molar-refractivity contribution in [3.63, 3.8) is 0 Å². The first-order valence-corrected chi connectivity index (χ1v) is 4.95. The number of hydrogen-bond acceptors (Lipinski definition) is 2. The number of hydrogen-bond donors (Lipinski definition) is 1. The van der Waals surface area contributed by atoms with Gasteiger partial charge in [-0.05, 0) is 24.1 Å². The van der Waals surface area contributed by atoms with E-state index in [1.54, 1.807) is 17.0 Å². The second-order valence-electron chi connectivity index (χ2n) is 3.78. The molecule has 1 unspecified atom stereocenters. The predicted molar refractivity (Wildman–Crippen MR) is 54.4 cm³/mol. The Morgan fingerprint density at radius 1 is 1.53 bits per heavy atom. The van der Waals surface area contributed by atoms with Gasteiger partial charge in [0.2, 0.25) is 5.91 Å². The molecule has 1 aliphatic heterocycles. The number of rotatable bonds is 2. The first kappa shape index (κ1) is 10.1. The van der Waals surface area contributed by atoms with E-state index in [0.717, 1.165) is 5.56 Å². The third kappa shape index (κ3) is 2.15. The molecule has 1 saturated heterocycles. The second kappa shape index (κ2) is 3.98. The number of halogens is 1. The molecule has 1 aliphatic rings. The van der Waals surface area contributed by atoms with Crippen molar-refractivity contribution in [1.82, 2.24) is 4.90 Å². The monoisotopic (exact) mass is 208 g/mol. The number of benzene rings is 1. The van der Waals surface area contributed by atoms with Crippen LogP contribution in [-0.2, 0) is 11.3 Å². The SMILES string of the molecule is NC1CCN(Cc2cccc(F)c2)C1=O. The molecule has 0 bridgehead atoms. The molecule has 1 atom stereocenters. The molecule has 1 amide bonds. The van der Waals surface area contributed by atoms with E-state index in [4.69, 9.17) is 5.73 Å². The largest absolute Gasteiger partial charge is 0.337 e. The van der Waals surface area contributed by atoms with Crippen LogP contribution < -0.4 is 5.73 Å². The van der Waals surface area contributed by atoms with Gasteiger partial charge < -0.3 is 10.6 Å². The Morgan fingerprint density at radius 3 is 2.93 bits per heavy atom. The van der Waals surface area contributed by atoms with Gasteiger partial charge in [-0.2, -0.15) is 0 Å². The highest BCUT2D eigenvalue weighted by Gasteiger charge is 2.28. The van der Waals surface area contributed by atoms with Crippen molar-refractivity contribution in [2.24, 2.45) is 5.73 Å². The summed E-state index contributed by atoms with van der Waals surface area (Å²) < 4.78 is 12.9. The van der Waals surface area contributed by atoms with Gasteiger partial charge in [0.1, 0.15) is 5.82 Å². The fourth-order valence-electron chi connectivity index (χ4n) is 1.78. The fraction of sp³-hybridized carbons (Fsp3) is 0.364. The van der Waals surface area contributed by atoms with E-state index in [9.17, 15) is 9.18 Å². The highest BCUT2D eigenvalue weighted by atomic mass is 19.1. The van der Waals surface area contributed by atoms with Crippen LogP contribution in [0.2, 0.25) is 0 Å². The van der Waals surface area contributed by atoms with Gasteiger partial charge >= 0.3 is 0 Å². The molecule has 15 heavy (non-hydrogen) atoms. The zero-order valence-electron chi connectivity index (χ0n) is 8.32. The van der Waals surface area contributed by atoms with E-state index in [1.807, 2.05) is 0 Å². The molecule has 2 N–H and O–H groups in total. The van der Waals surface area contributed by atoms with E-state index < -0.39 is 0 Å². The van der Waals surface area contributed by atoms with Crippen LogP contribution in [0, 0.1) is 5.82 Å². The van der Waals surface area contributed by atoms with Gasteiger partial charge in [0.15, 0.2) is 0 Å². The molecule has 4 heteroatoms. The van der Waals surface area contributed by atoms with Crippen LogP contribution in [0.4, 0.5) is 4.39 Å². The number of nitrogens with zero attached hydrogens (tertiary/aromatic N) is 1. The van der Waals surface area contributed by atoms with Crippen molar-refractivity contribution >= 4 is 5.91 Å². The Morgan fingerprint density at radius 2 is 2.33 bits per heavy atom. The number of carbonyl (C=O) groups excluding carboxylic acids is 1. The average Bonchev–Trinajstić information content (AvgIpc) is 2.50. The molecule has 0 saturated carbocycles. The lowest BCUT2D eigenvalue weighted by molar-refractivity contribution is -0.129. The number of likely N-dealkylation sites (tertiary alicyclic amines) is 1. The van der Waals surface area contributed by atoms with Crippen molar-refractivity contribution in [3.05, 3.63) is 35.6 Å². The Hall–Kier alpha value is -1.42. The van der Waals surface area contributed by atoms with E-state index in [2.05, 4.69) is 0 Å². The first-order valence-electron chi connectivity index (χ1n) is 4.95. The Kier molecular flexibility index (Phi) is 2.68. The van der Waals surface area contributed by atoms with Crippen molar-refractivity contribution in [1.29, 1.82) is 0 Å². The summed E-state index contributed by atoms with van der Waals surface area (Å²) in [5.74, 6) is -0.317. The van der Waals surface area contributed by atoms with Crippen LogP contribution in [-0.4, -0.2) is 23.4 Å². The van der Waals surface area contributed by atoms with E-state index >= 15 is 0 Å². The summed E-state index contributed by atoms with van der Waals surface area (Å²) >= 11 is 0. The highest BCUT2D eigenvalue weighted by molar-refractivity contribution is 5.83. The topological polar surface area (TPSA) is 46.3 Å². The summed E-state index contributed by atoms with van der Waals surface area (Å²) in [6.07, 6.45) is 0.689. The average molecular weight is 208 g/mol. The Balaban J connectivity index is 2.06. The maximum Gasteiger partial charge on any atom is 0.239 e. The van der Waals surface area contributed by atoms with Crippen LogP contribution in [0.5, 0.6) is 0 Å². The minimum absolute atomic E-state index is 0.0424. The molecule has 0 aliphatic carbocycles. The third-order valence-corrected chi connectivity index (χ3v) is 2.60. The normalized spacial score (nSPS) is 21.1. The standard InChI is InChI=1S/C11H13FN2O/c12-9-3-1-2-8(6-9)7-14-5-4-10(13)11(14)15/h1-3,6,10H,4-5,7,13H2. The molecule has 3 nitrogen and oxygen atoms in total. The summed E-state index contributed by atoms with van der Waals surface area (Å²) in [5.41, 5.74) is 6.39. The van der Waals surface area contributed by atoms with Gasteiger partial charge in [-0.15, -0.1) is 0 Å². The zero-order chi connectivity index (χ0) is 10.8. The van der Waals surface area contributed by atoms with Gasteiger partial charge in [-0.3, -0.25) is 4.79 Å². The molecular weight excluding hydrogens is 195 g/mol. The molecule has 0 spiro atoms. The number of nitrogens with two attached hydrogens (primary N) is 1. The summed E-state index contributed by atoms with van der Waals surface area (Å²) in [6, 6.07) is 5.90. The van der Waals surface area contributed by atoms with Gasteiger partial charge in [-0.25, -0.2) is 4.39 Å². The van der Waals surface area contributed by atoms with Gasteiger partial charge in [0.05, 0.1) is 6.04 Å². The summed E-state index contributed by atoms with van der Waals surface area (Å²) in [7, 11) is 0. The molecule has 0 radical (unpaired) electrons. The maximum absolute atomic E-state index is 12.9. The molecular formula is C11H13FN2O. The van der Waals surface area contributed by atoms with Crippen LogP contribution in [0.3, 0.4) is 0 Å². The van der Waals surface area contributed by atoms with Crippen molar-refractivity contribution in [2.75, 3.05) is 6.54 Å². The fourth-order valence-corrected chi connectivity index (χ4v) is 1.78. The van der Waals surface area contributed by atoms with E-state index in [1.165, 1.54) is 12.1 Å². The predicted octanol–water partition coefficient (Wildman–Crippen LogP) is 0.885. The van der Waals surface area contributed by atoms with Gasteiger partial charge in [-0.1, -0.05) is 12.1 Å². The Labute approximate surface area is 87.7 Å². The molecule has 0 aromatic heterocycles. The van der Waals surface area contributed by atoms with Crippen LogP contribution >= 0.6 is 0 Å². The first-order chi connectivity index (χ1) is 7.16. The highest BCUT2D eigenvalue weighted by Crippen LogP contribution is 2.14. The molecule has 1 heterocycles. The molecule has 1 fully saturated rings. The van der Waals surface area contributed by atoms with E-state index in [-0.39, 0.29) is 17.8 Å². The lowest BCUT2D eigenvalue weighted by Crippen LogP contribution is -2.33. The number of carbonyl (C=O) groups is 1. The summed E-state index contributed by atoms with van der Waals surface area (Å²) in [5, 5.41) is 0. The molecule has 1 aromatic rings. The molecule has 80 valence electrons. The zero-order valence-corrected chi connectivity index (χ0v) is 8.32. The van der Waals surface area contributed by atoms with E-state index in [0.29, 0.717) is 19.5 Å². The second-order valence-corrected chi connectivity index (χ2v) is 3.78. The minimum Gasteiger partial charge on any atom is -0.337 e. The summed E-state index contributed by atoms with van der Waals surface area (Å²) in [6.45, 7) is 1.11. The molecule has 2 rings (SSSR count). The minimum atomic E-state index is -0.376. The van der Waals surface area contributed by atoms with Crippen LogP contribution in [0.15, 0.2) is 24.3 Å². The van der Waals surface area contributed by atoms with Gasteiger partial charge in [0, 0.05) is 13.1 Å². The van der Waals surface area contributed by atoms with Crippen molar-refractivity contribution in [3.8, 4) is 0 Å². The lowest BCUT2D eigenvalue weighted by atomic mass is 10.2. The van der Waals surface area contributed by atoms with Crippen molar-refractivity contribution < 1.29 is 9.18 Å². The molecule has 1 aromatic carbocycles. The van der Waals surface area contributed by atoms with Gasteiger partial charge in [0.25, 0.3) is 0 Å².